The van der Waals surface area contributed by atoms with Gasteiger partial charge in [-0.25, -0.2) is 13.1 Å². The van der Waals surface area contributed by atoms with Crippen LogP contribution in [0.2, 0.25) is 0 Å². The first-order valence-corrected chi connectivity index (χ1v) is 8.68. The number of benzene rings is 2. The third-order valence-corrected chi connectivity index (χ3v) is 5.07. The molecule has 0 radical (unpaired) electrons. The zero-order valence-corrected chi connectivity index (χ0v) is 13.9. The average molecular weight is 319 g/mol. The van der Waals surface area contributed by atoms with Crippen LogP contribution in [0, 0.1) is 6.92 Å². The highest BCUT2D eigenvalue weighted by Gasteiger charge is 2.20. The second-order valence-corrected chi connectivity index (χ2v) is 6.84. The quantitative estimate of drug-likeness (QED) is 0.887. The molecule has 2 rings (SSSR count). The van der Waals surface area contributed by atoms with Crippen LogP contribution in [-0.2, 0) is 10.0 Å². The third kappa shape index (κ3) is 3.67. The molecule has 0 amide bonds. The third-order valence-electron chi connectivity index (χ3n) is 3.58. The number of nitrogens with one attached hydrogen (secondary N) is 1. The van der Waals surface area contributed by atoms with Crippen molar-refractivity contribution in [2.24, 2.45) is 0 Å². The van der Waals surface area contributed by atoms with Gasteiger partial charge in [0.05, 0.1) is 12.0 Å². The maximum Gasteiger partial charge on any atom is 0.241 e. The van der Waals surface area contributed by atoms with Crippen LogP contribution >= 0.6 is 0 Å². The summed E-state index contributed by atoms with van der Waals surface area (Å²) < 4.78 is 32.9. The first kappa shape index (κ1) is 16.5. The molecule has 4 nitrogen and oxygen atoms in total. The van der Waals surface area contributed by atoms with Gasteiger partial charge < -0.3 is 4.74 Å². The number of sulfonamides is 1. The van der Waals surface area contributed by atoms with Crippen molar-refractivity contribution in [3.63, 3.8) is 0 Å². The molecule has 0 aliphatic rings. The number of ether oxygens (including phenoxy) is 1. The largest absolute Gasteiger partial charge is 0.496 e. The molecule has 0 saturated heterocycles. The van der Waals surface area contributed by atoms with E-state index in [1.165, 1.54) is 0 Å². The van der Waals surface area contributed by atoms with Gasteiger partial charge in [-0.2, -0.15) is 0 Å². The predicted molar refractivity (Wildman–Crippen MR) is 87.5 cm³/mol. The Kier molecular flexibility index (Phi) is 5.21. The van der Waals surface area contributed by atoms with Crippen molar-refractivity contribution >= 4 is 10.0 Å². The summed E-state index contributed by atoms with van der Waals surface area (Å²) in [6.07, 6.45) is 0.665. The van der Waals surface area contributed by atoms with Crippen LogP contribution in [0.5, 0.6) is 5.75 Å². The van der Waals surface area contributed by atoms with E-state index in [2.05, 4.69) is 4.72 Å². The normalized spacial score (nSPS) is 12.9. The van der Waals surface area contributed by atoms with Crippen LogP contribution in [0.3, 0.4) is 0 Å². The smallest absolute Gasteiger partial charge is 0.241 e. The maximum atomic E-state index is 12.4. The molecule has 0 aliphatic carbocycles. The minimum atomic E-state index is -3.53. The number of hydrogen-bond acceptors (Lipinski definition) is 3. The first-order chi connectivity index (χ1) is 10.5. The van der Waals surface area contributed by atoms with E-state index in [0.29, 0.717) is 6.42 Å². The van der Waals surface area contributed by atoms with Crippen molar-refractivity contribution in [3.8, 4) is 5.75 Å². The SMILES string of the molecule is CC[C@H](NS(=O)(=O)c1ccccc1)c1ccc(OC)c(C)c1. The van der Waals surface area contributed by atoms with Gasteiger partial charge in [0.25, 0.3) is 0 Å². The summed E-state index contributed by atoms with van der Waals surface area (Å²) in [5, 5.41) is 0. The van der Waals surface area contributed by atoms with Crippen LogP contribution in [0.25, 0.3) is 0 Å². The summed E-state index contributed by atoms with van der Waals surface area (Å²) in [5.41, 5.74) is 1.91. The summed E-state index contributed by atoms with van der Waals surface area (Å²) in [4.78, 5) is 0.277. The fourth-order valence-corrected chi connectivity index (χ4v) is 3.69. The topological polar surface area (TPSA) is 55.4 Å². The van der Waals surface area contributed by atoms with Gasteiger partial charge in [0.1, 0.15) is 5.75 Å². The lowest BCUT2D eigenvalue weighted by Crippen LogP contribution is -2.28. The number of methoxy groups -OCH3 is 1. The highest BCUT2D eigenvalue weighted by Crippen LogP contribution is 2.25. The van der Waals surface area contributed by atoms with Gasteiger partial charge in [-0.3, -0.25) is 0 Å². The van der Waals surface area contributed by atoms with Crippen LogP contribution in [0.15, 0.2) is 53.4 Å². The van der Waals surface area contributed by atoms with E-state index in [0.717, 1.165) is 16.9 Å². The van der Waals surface area contributed by atoms with Crippen molar-refractivity contribution < 1.29 is 13.2 Å². The standard InChI is InChI=1S/C17H21NO3S/c1-4-16(14-10-11-17(21-3)13(2)12-14)18-22(19,20)15-8-6-5-7-9-15/h5-12,16,18H,4H2,1-3H3/t16-/m0/s1. The van der Waals surface area contributed by atoms with Gasteiger partial charge in [-0.15, -0.1) is 0 Å². The van der Waals surface area contributed by atoms with Crippen molar-refractivity contribution in [3.05, 3.63) is 59.7 Å². The van der Waals surface area contributed by atoms with Crippen molar-refractivity contribution in [2.45, 2.75) is 31.2 Å². The molecule has 0 heterocycles. The second kappa shape index (κ2) is 6.94. The molecule has 0 bridgehead atoms. The molecule has 1 N–H and O–H groups in total. The van der Waals surface area contributed by atoms with E-state index < -0.39 is 10.0 Å². The Balaban J connectivity index is 2.28. The van der Waals surface area contributed by atoms with E-state index in [1.807, 2.05) is 32.0 Å². The van der Waals surface area contributed by atoms with Crippen LogP contribution in [0.4, 0.5) is 0 Å². The predicted octanol–water partition coefficient (Wildman–Crippen LogP) is 3.43. The van der Waals surface area contributed by atoms with Crippen LogP contribution in [0.1, 0.15) is 30.5 Å². The zero-order valence-electron chi connectivity index (χ0n) is 13.0. The summed E-state index contributed by atoms with van der Waals surface area (Å²) in [7, 11) is -1.91. The van der Waals surface area contributed by atoms with Gasteiger partial charge in [-0.1, -0.05) is 37.3 Å². The molecule has 0 aliphatic heterocycles. The lowest BCUT2D eigenvalue weighted by Gasteiger charge is -2.19. The number of hydrogen-bond donors (Lipinski definition) is 1. The lowest BCUT2D eigenvalue weighted by atomic mass is 10.0. The molecule has 0 saturated carbocycles. The molecular formula is C17H21NO3S. The Hall–Kier alpha value is -1.85. The van der Waals surface area contributed by atoms with E-state index in [-0.39, 0.29) is 10.9 Å². The van der Waals surface area contributed by atoms with Crippen molar-refractivity contribution in [1.82, 2.24) is 4.72 Å². The molecule has 0 aromatic heterocycles. The summed E-state index contributed by atoms with van der Waals surface area (Å²) >= 11 is 0. The number of rotatable bonds is 6. The molecule has 22 heavy (non-hydrogen) atoms. The fraction of sp³-hybridized carbons (Fsp3) is 0.294. The molecule has 2 aromatic rings. The first-order valence-electron chi connectivity index (χ1n) is 7.20. The van der Waals surface area contributed by atoms with Gasteiger partial charge >= 0.3 is 0 Å². The minimum absolute atomic E-state index is 0.269. The number of aryl methyl sites for hydroxylation is 1. The second-order valence-electron chi connectivity index (χ2n) is 5.12. The Morgan fingerprint density at radius 1 is 1.14 bits per heavy atom. The molecule has 5 heteroatoms. The Labute approximate surface area is 132 Å². The summed E-state index contributed by atoms with van der Waals surface area (Å²) in [5.74, 6) is 0.796. The molecular weight excluding hydrogens is 298 g/mol. The summed E-state index contributed by atoms with van der Waals surface area (Å²) in [6.45, 7) is 3.90. The van der Waals surface area contributed by atoms with Crippen LogP contribution in [-0.4, -0.2) is 15.5 Å². The Morgan fingerprint density at radius 3 is 2.36 bits per heavy atom. The maximum absolute atomic E-state index is 12.4. The highest BCUT2D eigenvalue weighted by atomic mass is 32.2. The monoisotopic (exact) mass is 319 g/mol. The lowest BCUT2D eigenvalue weighted by molar-refractivity contribution is 0.411. The van der Waals surface area contributed by atoms with Gasteiger partial charge in [0.2, 0.25) is 10.0 Å². The van der Waals surface area contributed by atoms with E-state index in [4.69, 9.17) is 4.74 Å². The molecule has 0 unspecified atom stereocenters. The molecule has 1 atom stereocenters. The molecule has 118 valence electrons. The van der Waals surface area contributed by atoms with E-state index in [1.54, 1.807) is 37.4 Å². The zero-order chi connectivity index (χ0) is 16.2. The Morgan fingerprint density at radius 2 is 1.82 bits per heavy atom. The van der Waals surface area contributed by atoms with Crippen molar-refractivity contribution in [1.29, 1.82) is 0 Å². The van der Waals surface area contributed by atoms with Crippen LogP contribution < -0.4 is 9.46 Å². The highest BCUT2D eigenvalue weighted by molar-refractivity contribution is 7.89. The van der Waals surface area contributed by atoms with Gasteiger partial charge in [0, 0.05) is 6.04 Å². The van der Waals surface area contributed by atoms with Gasteiger partial charge in [-0.05, 0) is 42.7 Å². The molecule has 0 fully saturated rings. The van der Waals surface area contributed by atoms with Crippen molar-refractivity contribution in [2.75, 3.05) is 7.11 Å². The van der Waals surface area contributed by atoms with E-state index in [9.17, 15) is 8.42 Å². The van der Waals surface area contributed by atoms with E-state index >= 15 is 0 Å². The summed E-state index contributed by atoms with van der Waals surface area (Å²) in [6, 6.07) is 13.9. The fourth-order valence-electron chi connectivity index (χ4n) is 2.36. The average Bonchev–Trinajstić information content (AvgIpc) is 2.53. The minimum Gasteiger partial charge on any atom is -0.496 e. The Bertz CT molecular complexity index is 727. The molecule has 2 aromatic carbocycles. The van der Waals surface area contributed by atoms with Gasteiger partial charge in [0.15, 0.2) is 0 Å². The molecule has 0 spiro atoms.